The van der Waals surface area contributed by atoms with E-state index in [4.69, 9.17) is 5.11 Å². The van der Waals surface area contributed by atoms with Crippen molar-refractivity contribution in [2.75, 3.05) is 0 Å². The number of nitrogens with zero attached hydrogens (tertiary/aromatic N) is 2. The van der Waals surface area contributed by atoms with Crippen LogP contribution < -0.4 is 0 Å². The first-order valence-electron chi connectivity index (χ1n) is 5.87. The Morgan fingerprint density at radius 1 is 1.42 bits per heavy atom. The minimum atomic E-state index is -0.904. The summed E-state index contributed by atoms with van der Waals surface area (Å²) in [7, 11) is 0. The molecule has 0 spiro atoms. The quantitative estimate of drug-likeness (QED) is 0.796. The highest BCUT2D eigenvalue weighted by Crippen LogP contribution is 2.19. The molecule has 1 N–H and O–H groups in total. The van der Waals surface area contributed by atoms with Gasteiger partial charge in [-0.15, -0.1) is 11.3 Å². The zero-order valence-electron chi connectivity index (χ0n) is 10.3. The summed E-state index contributed by atoms with van der Waals surface area (Å²) < 4.78 is 2.02. The third kappa shape index (κ3) is 2.24. The predicted octanol–water partition coefficient (Wildman–Crippen LogP) is 3.15. The van der Waals surface area contributed by atoms with Gasteiger partial charge in [-0.3, -0.25) is 0 Å². The van der Waals surface area contributed by atoms with Crippen molar-refractivity contribution in [2.45, 2.75) is 13.5 Å². The number of hydrogen-bond donors (Lipinski definition) is 1. The van der Waals surface area contributed by atoms with E-state index in [1.807, 2.05) is 35.2 Å². The van der Waals surface area contributed by atoms with Gasteiger partial charge in [-0.05, 0) is 30.5 Å². The summed E-state index contributed by atoms with van der Waals surface area (Å²) in [6.45, 7) is 2.64. The van der Waals surface area contributed by atoms with Crippen LogP contribution in [0.2, 0.25) is 0 Å². The molecule has 0 saturated heterocycles. The van der Waals surface area contributed by atoms with Crippen molar-refractivity contribution in [3.8, 4) is 0 Å². The average Bonchev–Trinajstić information content (AvgIpc) is 2.96. The smallest absolute Gasteiger partial charge is 0.335 e. The van der Waals surface area contributed by atoms with Gasteiger partial charge in [-0.2, -0.15) is 0 Å². The Morgan fingerprint density at radius 3 is 2.95 bits per heavy atom. The Hall–Kier alpha value is -2.14. The van der Waals surface area contributed by atoms with Gasteiger partial charge in [0.2, 0.25) is 0 Å². The number of hydrogen-bond acceptors (Lipinski definition) is 3. The highest BCUT2D eigenvalue weighted by molar-refractivity contribution is 7.09. The van der Waals surface area contributed by atoms with Crippen LogP contribution in [-0.4, -0.2) is 20.6 Å². The van der Waals surface area contributed by atoms with E-state index in [2.05, 4.69) is 4.98 Å². The van der Waals surface area contributed by atoms with Gasteiger partial charge in [0.05, 0.1) is 22.8 Å². The van der Waals surface area contributed by atoms with Crippen LogP contribution in [0.1, 0.15) is 21.1 Å². The first-order chi connectivity index (χ1) is 9.13. The van der Waals surface area contributed by atoms with Crippen LogP contribution in [0.5, 0.6) is 0 Å². The number of aryl methyl sites for hydroxylation is 1. The zero-order chi connectivity index (χ0) is 13.4. The Bertz CT molecular complexity index is 758. The SMILES string of the molecule is Cc1nc(Cn2ccc3ccc(C(=O)O)cc32)cs1. The van der Waals surface area contributed by atoms with E-state index in [1.54, 1.807) is 23.5 Å². The van der Waals surface area contributed by atoms with Gasteiger partial charge in [-0.25, -0.2) is 9.78 Å². The van der Waals surface area contributed by atoms with Crippen LogP contribution in [0.3, 0.4) is 0 Å². The van der Waals surface area contributed by atoms with Crippen molar-refractivity contribution < 1.29 is 9.90 Å². The molecule has 96 valence electrons. The molecule has 0 aliphatic rings. The van der Waals surface area contributed by atoms with E-state index in [0.717, 1.165) is 21.6 Å². The summed E-state index contributed by atoms with van der Waals surface area (Å²) in [5, 5.41) is 13.2. The van der Waals surface area contributed by atoms with Crippen molar-refractivity contribution in [1.29, 1.82) is 0 Å². The molecule has 3 aromatic rings. The van der Waals surface area contributed by atoms with Crippen molar-refractivity contribution >= 4 is 28.2 Å². The largest absolute Gasteiger partial charge is 0.478 e. The van der Waals surface area contributed by atoms with E-state index in [9.17, 15) is 4.79 Å². The first-order valence-corrected chi connectivity index (χ1v) is 6.74. The predicted molar refractivity (Wildman–Crippen MR) is 74.9 cm³/mol. The molecule has 0 aliphatic heterocycles. The third-order valence-corrected chi connectivity index (χ3v) is 3.84. The number of carboxylic acid groups (broad SMARTS) is 1. The minimum absolute atomic E-state index is 0.307. The third-order valence-electron chi connectivity index (χ3n) is 3.02. The van der Waals surface area contributed by atoms with Gasteiger partial charge < -0.3 is 9.67 Å². The molecule has 0 atom stereocenters. The van der Waals surface area contributed by atoms with E-state index in [1.165, 1.54) is 0 Å². The van der Waals surface area contributed by atoms with E-state index in [-0.39, 0.29) is 0 Å². The van der Waals surface area contributed by atoms with Gasteiger partial charge in [0, 0.05) is 17.1 Å². The second kappa shape index (κ2) is 4.51. The maximum Gasteiger partial charge on any atom is 0.335 e. The molecule has 0 unspecified atom stereocenters. The van der Waals surface area contributed by atoms with Crippen LogP contribution in [0.15, 0.2) is 35.8 Å². The van der Waals surface area contributed by atoms with E-state index < -0.39 is 5.97 Å². The van der Waals surface area contributed by atoms with Gasteiger partial charge >= 0.3 is 5.97 Å². The van der Waals surface area contributed by atoms with Crippen LogP contribution in [0.25, 0.3) is 10.9 Å². The lowest BCUT2D eigenvalue weighted by atomic mass is 10.1. The van der Waals surface area contributed by atoms with E-state index in [0.29, 0.717) is 12.1 Å². The molecule has 5 heteroatoms. The average molecular weight is 272 g/mol. The molecule has 19 heavy (non-hydrogen) atoms. The highest BCUT2D eigenvalue weighted by atomic mass is 32.1. The first kappa shape index (κ1) is 11.9. The molecule has 0 amide bonds. The zero-order valence-corrected chi connectivity index (χ0v) is 11.1. The summed E-state index contributed by atoms with van der Waals surface area (Å²) >= 11 is 1.62. The van der Waals surface area contributed by atoms with Crippen LogP contribution in [0, 0.1) is 6.92 Å². The normalized spacial score (nSPS) is 11.0. The molecule has 4 nitrogen and oxygen atoms in total. The van der Waals surface area contributed by atoms with Crippen molar-refractivity contribution in [3.05, 3.63) is 52.1 Å². The number of carbonyl (C=O) groups is 1. The number of carboxylic acids is 1. The number of aromatic carboxylic acids is 1. The standard InChI is InChI=1S/C14H12N2O2S/c1-9-15-12(8-19-9)7-16-5-4-10-2-3-11(14(17)18)6-13(10)16/h2-6,8H,7H2,1H3,(H,17,18). The number of fused-ring (bicyclic) bond motifs is 1. The summed E-state index contributed by atoms with van der Waals surface area (Å²) in [6, 6.07) is 7.15. The lowest BCUT2D eigenvalue weighted by Gasteiger charge is -2.03. The Balaban J connectivity index is 2.03. The van der Waals surface area contributed by atoms with Gasteiger partial charge in [0.15, 0.2) is 0 Å². The fraction of sp³-hybridized carbons (Fsp3) is 0.143. The molecular weight excluding hydrogens is 260 g/mol. The summed E-state index contributed by atoms with van der Waals surface area (Å²) in [5.74, 6) is -0.904. The molecule has 0 fully saturated rings. The lowest BCUT2D eigenvalue weighted by Crippen LogP contribution is -2.00. The number of rotatable bonds is 3. The van der Waals surface area contributed by atoms with Crippen LogP contribution in [0.4, 0.5) is 0 Å². The molecule has 0 radical (unpaired) electrons. The molecule has 2 aromatic heterocycles. The molecule has 0 saturated carbocycles. The molecular formula is C14H12N2O2S. The van der Waals surface area contributed by atoms with Gasteiger partial charge in [0.1, 0.15) is 0 Å². The van der Waals surface area contributed by atoms with Gasteiger partial charge in [0.25, 0.3) is 0 Å². The summed E-state index contributed by atoms with van der Waals surface area (Å²) in [5.41, 5.74) is 2.23. The molecule has 0 aliphatic carbocycles. The molecule has 1 aromatic carbocycles. The van der Waals surface area contributed by atoms with Crippen molar-refractivity contribution in [1.82, 2.24) is 9.55 Å². The molecule has 2 heterocycles. The topological polar surface area (TPSA) is 55.1 Å². The fourth-order valence-corrected chi connectivity index (χ4v) is 2.71. The number of thiazole rings is 1. The van der Waals surface area contributed by atoms with Gasteiger partial charge in [-0.1, -0.05) is 6.07 Å². The number of aromatic nitrogens is 2. The lowest BCUT2D eigenvalue weighted by molar-refractivity contribution is 0.0697. The Kier molecular flexibility index (Phi) is 2.83. The fourth-order valence-electron chi connectivity index (χ4n) is 2.11. The maximum atomic E-state index is 11.0. The molecule has 0 bridgehead atoms. The summed E-state index contributed by atoms with van der Waals surface area (Å²) in [4.78, 5) is 15.5. The van der Waals surface area contributed by atoms with E-state index >= 15 is 0 Å². The summed E-state index contributed by atoms with van der Waals surface area (Å²) in [6.07, 6.45) is 1.96. The van der Waals surface area contributed by atoms with Crippen LogP contribution in [-0.2, 0) is 6.54 Å². The Labute approximate surface area is 113 Å². The monoisotopic (exact) mass is 272 g/mol. The van der Waals surface area contributed by atoms with Crippen molar-refractivity contribution in [2.24, 2.45) is 0 Å². The minimum Gasteiger partial charge on any atom is -0.478 e. The Morgan fingerprint density at radius 2 is 2.26 bits per heavy atom. The molecule has 3 rings (SSSR count). The van der Waals surface area contributed by atoms with Crippen molar-refractivity contribution in [3.63, 3.8) is 0 Å². The highest BCUT2D eigenvalue weighted by Gasteiger charge is 2.08. The maximum absolute atomic E-state index is 11.0. The second-order valence-corrected chi connectivity index (χ2v) is 5.44. The van der Waals surface area contributed by atoms with Crippen LogP contribution >= 0.6 is 11.3 Å². The number of benzene rings is 1. The second-order valence-electron chi connectivity index (χ2n) is 4.38.